The summed E-state index contributed by atoms with van der Waals surface area (Å²) in [5.41, 5.74) is 4.84. The van der Waals surface area contributed by atoms with Crippen LogP contribution in [0.2, 0.25) is 0 Å². The van der Waals surface area contributed by atoms with Gasteiger partial charge >= 0.3 is 0 Å². The number of rotatable bonds is 2. The zero-order chi connectivity index (χ0) is 15.8. The van der Waals surface area contributed by atoms with Crippen molar-refractivity contribution >= 4 is 27.2 Å². The highest BCUT2D eigenvalue weighted by molar-refractivity contribution is 7.91. The van der Waals surface area contributed by atoms with Gasteiger partial charge < -0.3 is 10.6 Å². The Hall–Kier alpha value is -2.23. The summed E-state index contributed by atoms with van der Waals surface area (Å²) in [4.78, 5) is 27.6. The lowest BCUT2D eigenvalue weighted by Gasteiger charge is -2.33. The van der Waals surface area contributed by atoms with Gasteiger partial charge in [0.25, 0.3) is 11.6 Å². The Morgan fingerprint density at radius 3 is 2.81 bits per heavy atom. The molecular formula is C11H14N4O5S. The molecule has 0 spiro atoms. The van der Waals surface area contributed by atoms with Gasteiger partial charge in [0, 0.05) is 12.6 Å². The second-order valence-corrected chi connectivity index (χ2v) is 7.07. The van der Waals surface area contributed by atoms with Gasteiger partial charge in [-0.25, -0.2) is 13.4 Å². The minimum atomic E-state index is -3.18. The molecule has 0 aromatic carbocycles. The third-order valence-electron chi connectivity index (χ3n) is 3.26. The minimum Gasteiger partial charge on any atom is -0.384 e. The van der Waals surface area contributed by atoms with Crippen molar-refractivity contribution in [1.29, 1.82) is 0 Å². The lowest BCUT2D eigenvalue weighted by Crippen LogP contribution is -2.49. The van der Waals surface area contributed by atoms with E-state index < -0.39 is 32.4 Å². The fraction of sp³-hybridized carbons (Fsp3) is 0.455. The minimum absolute atomic E-state index is 0.00170. The summed E-state index contributed by atoms with van der Waals surface area (Å²) in [6.45, 7) is 1.59. The number of carbonyl (C=O) groups excluding carboxylic acids is 1. The van der Waals surface area contributed by atoms with Gasteiger partial charge in [0.2, 0.25) is 0 Å². The molecule has 2 heterocycles. The number of nitrogen functional groups attached to an aromatic ring is 1. The molecular weight excluding hydrogens is 300 g/mol. The van der Waals surface area contributed by atoms with E-state index in [0.29, 0.717) is 0 Å². The Bertz CT molecular complexity index is 703. The second-order valence-electron chi connectivity index (χ2n) is 4.85. The zero-order valence-electron chi connectivity index (χ0n) is 11.2. The summed E-state index contributed by atoms with van der Waals surface area (Å²) < 4.78 is 23.0. The van der Waals surface area contributed by atoms with Gasteiger partial charge in [0.05, 0.1) is 16.4 Å². The van der Waals surface area contributed by atoms with Crippen LogP contribution in [0.4, 0.5) is 11.5 Å². The van der Waals surface area contributed by atoms with Crippen LogP contribution in [-0.4, -0.2) is 53.2 Å². The Balaban J connectivity index is 2.37. The number of aromatic nitrogens is 1. The molecule has 2 N–H and O–H groups in total. The molecule has 0 radical (unpaired) electrons. The number of nitrogens with zero attached hydrogens (tertiary/aromatic N) is 3. The van der Waals surface area contributed by atoms with Crippen molar-refractivity contribution in [3.63, 3.8) is 0 Å². The number of hydrogen-bond acceptors (Lipinski definition) is 7. The van der Waals surface area contributed by atoms with Crippen LogP contribution in [0.3, 0.4) is 0 Å². The van der Waals surface area contributed by atoms with Gasteiger partial charge in [-0.2, -0.15) is 0 Å². The Morgan fingerprint density at radius 1 is 1.57 bits per heavy atom. The van der Waals surface area contributed by atoms with E-state index in [2.05, 4.69) is 4.98 Å². The Labute approximate surface area is 120 Å². The first-order chi connectivity index (χ1) is 9.71. The summed E-state index contributed by atoms with van der Waals surface area (Å²) >= 11 is 0. The van der Waals surface area contributed by atoms with Crippen LogP contribution < -0.4 is 5.73 Å². The van der Waals surface area contributed by atoms with E-state index in [1.165, 1.54) is 4.90 Å². The van der Waals surface area contributed by atoms with Crippen molar-refractivity contribution < 1.29 is 18.1 Å². The van der Waals surface area contributed by atoms with Crippen molar-refractivity contribution in [2.24, 2.45) is 0 Å². The molecule has 1 atom stereocenters. The number of hydrogen-bond donors (Lipinski definition) is 1. The average Bonchev–Trinajstić information content (AvgIpc) is 2.36. The lowest BCUT2D eigenvalue weighted by atomic mass is 10.1. The van der Waals surface area contributed by atoms with Gasteiger partial charge in [-0.1, -0.05) is 0 Å². The highest BCUT2D eigenvalue weighted by Gasteiger charge is 2.34. The molecule has 21 heavy (non-hydrogen) atoms. The number of amides is 1. The van der Waals surface area contributed by atoms with E-state index in [9.17, 15) is 23.3 Å². The van der Waals surface area contributed by atoms with Crippen LogP contribution in [0, 0.1) is 10.1 Å². The van der Waals surface area contributed by atoms with Crippen LogP contribution in [0.5, 0.6) is 0 Å². The van der Waals surface area contributed by atoms with Crippen molar-refractivity contribution in [3.05, 3.63) is 27.9 Å². The van der Waals surface area contributed by atoms with Gasteiger partial charge in [-0.3, -0.25) is 14.9 Å². The van der Waals surface area contributed by atoms with Crippen molar-refractivity contribution in [1.82, 2.24) is 9.88 Å². The van der Waals surface area contributed by atoms with Crippen LogP contribution in [0.25, 0.3) is 0 Å². The number of carbonyl (C=O) groups is 1. The second kappa shape index (κ2) is 5.28. The average molecular weight is 314 g/mol. The predicted molar refractivity (Wildman–Crippen MR) is 74.5 cm³/mol. The molecule has 1 aromatic rings. The third kappa shape index (κ3) is 3.10. The first kappa shape index (κ1) is 15.2. The number of anilines is 1. The van der Waals surface area contributed by atoms with Crippen LogP contribution in [0.15, 0.2) is 12.3 Å². The topological polar surface area (TPSA) is 136 Å². The van der Waals surface area contributed by atoms with Crippen LogP contribution in [0.1, 0.15) is 17.3 Å². The maximum Gasteiger partial charge on any atom is 0.300 e. The molecule has 1 aliphatic rings. The fourth-order valence-electron chi connectivity index (χ4n) is 2.24. The molecule has 10 heteroatoms. The highest BCUT2D eigenvalue weighted by atomic mass is 32.2. The van der Waals surface area contributed by atoms with Crippen molar-refractivity contribution in [2.45, 2.75) is 13.0 Å². The van der Waals surface area contributed by atoms with Gasteiger partial charge in [-0.05, 0) is 13.0 Å². The molecule has 0 aliphatic carbocycles. The summed E-state index contributed by atoms with van der Waals surface area (Å²) in [6.07, 6.45) is 0.925. The van der Waals surface area contributed by atoms with Gasteiger partial charge in [0.15, 0.2) is 9.84 Å². The van der Waals surface area contributed by atoms with E-state index in [1.54, 1.807) is 6.92 Å². The van der Waals surface area contributed by atoms with Crippen LogP contribution in [-0.2, 0) is 9.84 Å². The third-order valence-corrected chi connectivity index (χ3v) is 5.06. The monoisotopic (exact) mass is 314 g/mol. The molecule has 0 saturated carbocycles. The van der Waals surface area contributed by atoms with E-state index in [0.717, 1.165) is 12.3 Å². The summed E-state index contributed by atoms with van der Waals surface area (Å²) in [6, 6.07) is 0.585. The molecule has 1 saturated heterocycles. The Kier molecular flexibility index (Phi) is 3.81. The van der Waals surface area contributed by atoms with Crippen molar-refractivity contribution in [2.75, 3.05) is 23.8 Å². The first-order valence-corrected chi connectivity index (χ1v) is 7.95. The summed E-state index contributed by atoms with van der Waals surface area (Å²) in [5.74, 6) is -0.940. The molecule has 1 fully saturated rings. The molecule has 2 rings (SSSR count). The SMILES string of the molecule is CC1CS(=O)(=O)CCN1C(=O)c1cc(N)ncc1[N+](=O)[O-]. The van der Waals surface area contributed by atoms with Crippen molar-refractivity contribution in [3.8, 4) is 0 Å². The van der Waals surface area contributed by atoms with E-state index >= 15 is 0 Å². The van der Waals surface area contributed by atoms with Gasteiger partial charge in [0.1, 0.15) is 17.6 Å². The number of sulfone groups is 1. The first-order valence-electron chi connectivity index (χ1n) is 6.12. The molecule has 1 aromatic heterocycles. The number of nitrogens with two attached hydrogens (primary N) is 1. The van der Waals surface area contributed by atoms with Gasteiger partial charge in [-0.15, -0.1) is 0 Å². The largest absolute Gasteiger partial charge is 0.384 e. The molecule has 1 aliphatic heterocycles. The molecule has 1 amide bonds. The molecule has 9 nitrogen and oxygen atoms in total. The quantitative estimate of drug-likeness (QED) is 0.591. The molecule has 114 valence electrons. The predicted octanol–water partition coefficient (Wildman–Crippen LogP) is -0.169. The Morgan fingerprint density at radius 2 is 2.24 bits per heavy atom. The standard InChI is InChI=1S/C11H14N4O5S/c1-7-6-21(19,20)3-2-14(7)11(16)8-4-10(12)13-5-9(8)15(17)18/h4-5,7H,2-3,6H2,1H3,(H2,12,13). The highest BCUT2D eigenvalue weighted by Crippen LogP contribution is 2.23. The van der Waals surface area contributed by atoms with Crippen LogP contribution >= 0.6 is 0 Å². The number of pyridine rings is 1. The summed E-state index contributed by atoms with van der Waals surface area (Å²) in [5, 5.41) is 11.0. The summed E-state index contributed by atoms with van der Waals surface area (Å²) in [7, 11) is -3.18. The normalized spacial score (nSPS) is 21.0. The maximum atomic E-state index is 12.4. The zero-order valence-corrected chi connectivity index (χ0v) is 12.0. The molecule has 1 unspecified atom stereocenters. The number of nitro groups is 1. The van der Waals surface area contributed by atoms with E-state index in [-0.39, 0.29) is 29.4 Å². The maximum absolute atomic E-state index is 12.4. The van der Waals surface area contributed by atoms with E-state index in [4.69, 9.17) is 5.73 Å². The lowest BCUT2D eigenvalue weighted by molar-refractivity contribution is -0.385. The fourth-order valence-corrected chi connectivity index (χ4v) is 3.79. The molecule has 0 bridgehead atoms. The smallest absolute Gasteiger partial charge is 0.300 e. The van der Waals surface area contributed by atoms with E-state index in [1.807, 2.05) is 0 Å².